The number of likely N-dealkylation sites (tertiary alicyclic amines) is 1. The Labute approximate surface area is 432 Å². The monoisotopic (exact) mass is 1070 g/mol. The fraction of sp³-hybridized carbons (Fsp3) is 0.462. The first-order valence-corrected chi connectivity index (χ1v) is 28.7. The number of ether oxygens (including phenoxy) is 1. The summed E-state index contributed by atoms with van der Waals surface area (Å²) in [5.41, 5.74) is 6.52. The third kappa shape index (κ3) is 9.68. The Bertz CT molecular complexity index is 3050. The number of fused-ring (bicyclic) bond motifs is 2. The first-order chi connectivity index (χ1) is 35.2. The molecule has 0 radical (unpaired) electrons. The number of nitrogens with zero attached hydrogens (tertiary/aromatic N) is 10. The van der Waals surface area contributed by atoms with E-state index in [0.717, 1.165) is 113 Å². The van der Waals surface area contributed by atoms with Crippen LogP contribution in [-0.2, 0) is 14.2 Å². The number of piperidine rings is 3. The minimum atomic E-state index is -2.78. The second-order valence-electron chi connectivity index (χ2n) is 20.5. The van der Waals surface area contributed by atoms with Crippen molar-refractivity contribution in [2.75, 3.05) is 106 Å². The highest BCUT2D eigenvalue weighted by Gasteiger charge is 2.45. The van der Waals surface area contributed by atoms with Gasteiger partial charge in [0.1, 0.15) is 30.3 Å². The lowest BCUT2D eigenvalue weighted by Crippen LogP contribution is -2.62. The summed E-state index contributed by atoms with van der Waals surface area (Å²) in [4.78, 5) is 82.9. The summed E-state index contributed by atoms with van der Waals surface area (Å²) in [5, 5.41) is 9.64. The molecule has 6 aliphatic heterocycles. The van der Waals surface area contributed by atoms with Crippen LogP contribution in [0.25, 0.3) is 11.0 Å². The highest BCUT2D eigenvalue weighted by Crippen LogP contribution is 2.42. The van der Waals surface area contributed by atoms with Crippen molar-refractivity contribution in [1.29, 1.82) is 0 Å². The zero-order chi connectivity index (χ0) is 50.7. The van der Waals surface area contributed by atoms with Crippen molar-refractivity contribution in [3.63, 3.8) is 0 Å². The average molecular weight is 1080 g/mol. The fourth-order valence-electron chi connectivity index (χ4n) is 11.8. The van der Waals surface area contributed by atoms with E-state index in [1.807, 2.05) is 18.2 Å². The van der Waals surface area contributed by atoms with Gasteiger partial charge in [-0.25, -0.2) is 4.98 Å². The third-order valence-corrected chi connectivity index (χ3v) is 17.9. The largest absolute Gasteiger partial charge is 0.494 e. The van der Waals surface area contributed by atoms with Crippen LogP contribution >= 0.6 is 23.1 Å². The highest BCUT2D eigenvalue weighted by atomic mass is 79.9. The molecule has 73 heavy (non-hydrogen) atoms. The van der Waals surface area contributed by atoms with Gasteiger partial charge in [0.15, 0.2) is 0 Å². The van der Waals surface area contributed by atoms with Gasteiger partial charge in [-0.1, -0.05) is 0 Å². The molecular weight excluding hydrogens is 1010 g/mol. The van der Waals surface area contributed by atoms with E-state index in [9.17, 15) is 23.7 Å². The number of carbonyl (C=O) groups is 4. The SMILES string of the molecule is COc1cc(N2CCC(N3CCN(C4CCN(C5CN(c6ccc7c(c6)C(=O)N(C6CCC(=O)NC6=O)C7=O)C5)CC4)CC3)CC2)c(C)cc1Nc1ncc(Br)c(Nc2ccc3nccnc3c2P(C)(C)=O)n1. The van der Waals surface area contributed by atoms with Crippen molar-refractivity contribution in [3.8, 4) is 5.75 Å². The Morgan fingerprint density at radius 1 is 0.726 bits per heavy atom. The van der Waals surface area contributed by atoms with Crippen LogP contribution in [0.15, 0.2) is 65.5 Å². The lowest BCUT2D eigenvalue weighted by Gasteiger charge is -2.50. The van der Waals surface area contributed by atoms with E-state index in [1.54, 1.807) is 51.2 Å². The third-order valence-electron chi connectivity index (χ3n) is 15.8. The van der Waals surface area contributed by atoms with Gasteiger partial charge in [0.2, 0.25) is 17.8 Å². The molecule has 0 spiro atoms. The maximum Gasteiger partial charge on any atom is 0.262 e. The van der Waals surface area contributed by atoms with Crippen molar-refractivity contribution in [3.05, 3.63) is 82.2 Å². The lowest BCUT2D eigenvalue weighted by molar-refractivity contribution is -0.136. The van der Waals surface area contributed by atoms with E-state index in [-0.39, 0.29) is 18.7 Å². The van der Waals surface area contributed by atoms with Crippen LogP contribution in [0.4, 0.5) is 34.5 Å². The highest BCUT2D eigenvalue weighted by molar-refractivity contribution is 9.10. The number of benzene rings is 3. The predicted octanol–water partition coefficient (Wildman–Crippen LogP) is 5.58. The van der Waals surface area contributed by atoms with Gasteiger partial charge in [0.25, 0.3) is 11.8 Å². The van der Waals surface area contributed by atoms with E-state index in [0.29, 0.717) is 73.3 Å². The van der Waals surface area contributed by atoms with Gasteiger partial charge in [0, 0.05) is 126 Å². The van der Waals surface area contributed by atoms with Gasteiger partial charge in [0.05, 0.1) is 44.9 Å². The van der Waals surface area contributed by atoms with Crippen molar-refractivity contribution < 1.29 is 28.5 Å². The molecule has 0 bridgehead atoms. The molecule has 6 aliphatic rings. The Hall–Kier alpha value is -6.05. The molecule has 21 heteroatoms. The molecule has 2 aromatic heterocycles. The van der Waals surface area contributed by atoms with Crippen LogP contribution in [0.1, 0.15) is 64.8 Å². The number of carbonyl (C=O) groups excluding carboxylic acids is 4. The Morgan fingerprint density at radius 2 is 1.40 bits per heavy atom. The smallest absolute Gasteiger partial charge is 0.262 e. The predicted molar refractivity (Wildman–Crippen MR) is 285 cm³/mol. The van der Waals surface area contributed by atoms with Crippen LogP contribution in [-0.4, -0.2) is 173 Å². The first kappa shape index (κ1) is 49.2. The van der Waals surface area contributed by atoms with Crippen LogP contribution in [0.5, 0.6) is 5.75 Å². The number of halogens is 1. The number of methoxy groups -OCH3 is 1. The van der Waals surface area contributed by atoms with Gasteiger partial charge in [-0.3, -0.25) is 54.1 Å². The Balaban J connectivity index is 0.638. The molecule has 4 amide bonds. The second-order valence-corrected chi connectivity index (χ2v) is 24.5. The number of hydrogen-bond donors (Lipinski definition) is 3. The minimum Gasteiger partial charge on any atom is -0.494 e. The van der Waals surface area contributed by atoms with Crippen LogP contribution < -0.4 is 35.8 Å². The molecule has 5 saturated heterocycles. The molecule has 1 atom stereocenters. The standard InChI is InChI=1S/C52H61BrN13O6P/c1-31-25-41(58-52-56-28-38(53)48(60-52)57-40-8-7-39-46(55-16-15-54-39)47(40)73(3,4)71)44(72-2)27-43(31)64-19-13-33(14-20-64)63-23-21-62(22-24-63)32-11-17-61(18-12-32)35-29-65(30-35)34-5-6-36-37(26-34)51(70)66(50(36)69)42-9-10-45(67)59-49(42)68/h5-8,15-16,25-28,32-33,35,42H,9-14,17-24,29-30H2,1-4H3,(H,59,67,68)(H2,56,57,58,60). The van der Waals surface area contributed by atoms with E-state index >= 15 is 0 Å². The van der Waals surface area contributed by atoms with Gasteiger partial charge in [-0.05, 0) is 110 Å². The number of aryl methyl sites for hydroxylation is 1. The number of imide groups is 2. The zero-order valence-corrected chi connectivity index (χ0v) is 44.1. The van der Waals surface area contributed by atoms with Crippen LogP contribution in [0.3, 0.4) is 0 Å². The molecule has 3 aromatic carbocycles. The molecule has 5 aromatic rings. The molecule has 382 valence electrons. The first-order valence-electron chi connectivity index (χ1n) is 25.3. The summed E-state index contributed by atoms with van der Waals surface area (Å²) in [6.07, 6.45) is 9.71. The topological polar surface area (TPSA) is 202 Å². The number of rotatable bonds is 12. The van der Waals surface area contributed by atoms with Crippen molar-refractivity contribution in [1.82, 2.24) is 44.9 Å². The number of nitrogens with one attached hydrogen (secondary N) is 3. The summed E-state index contributed by atoms with van der Waals surface area (Å²) in [6.45, 7) is 15.8. The van der Waals surface area contributed by atoms with Gasteiger partial charge >= 0.3 is 0 Å². The zero-order valence-electron chi connectivity index (χ0n) is 41.6. The lowest BCUT2D eigenvalue weighted by atomic mass is 9.96. The summed E-state index contributed by atoms with van der Waals surface area (Å²) in [5.74, 6) is -0.343. The molecule has 19 nitrogen and oxygen atoms in total. The molecule has 11 rings (SSSR count). The molecular formula is C52H61BrN13O6P. The van der Waals surface area contributed by atoms with Gasteiger partial charge in [-0.2, -0.15) is 4.98 Å². The Kier molecular flexibility index (Phi) is 13.5. The molecule has 3 N–H and O–H groups in total. The molecule has 0 saturated carbocycles. The summed E-state index contributed by atoms with van der Waals surface area (Å²) in [6, 6.07) is 14.0. The normalized spacial score (nSPS) is 21.2. The number of piperazine rings is 1. The molecule has 8 heterocycles. The van der Waals surface area contributed by atoms with Crippen molar-refractivity contribution in [2.45, 2.75) is 69.6 Å². The summed E-state index contributed by atoms with van der Waals surface area (Å²) >= 11 is 3.60. The van der Waals surface area contributed by atoms with Gasteiger partial charge in [-0.15, -0.1) is 0 Å². The number of amides is 4. The molecule has 5 fully saturated rings. The van der Waals surface area contributed by atoms with E-state index in [4.69, 9.17) is 9.72 Å². The average Bonchev–Trinajstić information content (AvgIpc) is 3.61. The van der Waals surface area contributed by atoms with Crippen LogP contribution in [0.2, 0.25) is 0 Å². The summed E-state index contributed by atoms with van der Waals surface area (Å²) < 4.78 is 20.1. The van der Waals surface area contributed by atoms with Crippen molar-refractivity contribution in [2.24, 2.45) is 0 Å². The van der Waals surface area contributed by atoms with Crippen molar-refractivity contribution >= 4 is 97.6 Å². The molecule has 1 unspecified atom stereocenters. The van der Waals surface area contributed by atoms with E-state index in [2.05, 4.69) is 90.4 Å². The number of aromatic nitrogens is 4. The van der Waals surface area contributed by atoms with E-state index < -0.39 is 30.9 Å². The Morgan fingerprint density at radius 3 is 2.08 bits per heavy atom. The minimum absolute atomic E-state index is 0.0993. The quantitative estimate of drug-likeness (QED) is 0.103. The maximum atomic E-state index is 13.5. The van der Waals surface area contributed by atoms with E-state index in [1.165, 1.54) is 5.69 Å². The van der Waals surface area contributed by atoms with Gasteiger partial charge < -0.3 is 29.7 Å². The second kappa shape index (κ2) is 20.0. The molecule has 0 aliphatic carbocycles. The maximum absolute atomic E-state index is 13.5. The fourth-order valence-corrected chi connectivity index (χ4v) is 13.5. The number of hydrogen-bond acceptors (Lipinski definition) is 17. The number of anilines is 6. The van der Waals surface area contributed by atoms with Crippen LogP contribution in [0, 0.1) is 6.92 Å². The summed E-state index contributed by atoms with van der Waals surface area (Å²) in [7, 11) is -1.09.